The van der Waals surface area contributed by atoms with E-state index in [0.717, 1.165) is 82.1 Å². The second-order valence-corrected chi connectivity index (χ2v) is 18.1. The Kier molecular flexibility index (Phi) is 26.9. The van der Waals surface area contributed by atoms with Crippen molar-refractivity contribution in [2.45, 2.75) is 187 Å². The van der Waals surface area contributed by atoms with E-state index in [1.54, 1.807) is 24.3 Å². The van der Waals surface area contributed by atoms with Crippen molar-refractivity contribution in [3.05, 3.63) is 118 Å². The van der Waals surface area contributed by atoms with Gasteiger partial charge in [0, 0.05) is 0 Å². The van der Waals surface area contributed by atoms with Crippen LogP contribution in [0.4, 0.5) is 0 Å². The van der Waals surface area contributed by atoms with Crippen LogP contribution in [0.3, 0.4) is 0 Å². The molecule has 0 aliphatic rings. The summed E-state index contributed by atoms with van der Waals surface area (Å²) >= 11 is 0. The molecular weight excluding hydrogens is 805 g/mol. The molecule has 0 atom stereocenters. The van der Waals surface area contributed by atoms with Crippen LogP contribution in [-0.4, -0.2) is 39.4 Å². The first-order valence-corrected chi connectivity index (χ1v) is 25.8. The lowest BCUT2D eigenvalue weighted by molar-refractivity contribution is 0.0591. The molecule has 0 radical (unpaired) electrons. The Bertz CT molecular complexity index is 1880. The summed E-state index contributed by atoms with van der Waals surface area (Å²) in [6.07, 6.45) is 33.6. The molecular formula is C59H84O6. The number of aryl methyl sites for hydroxylation is 4. The maximum Gasteiger partial charge on any atom is 0.337 e. The SMILES string of the molecule is CCCCCCCCCCCCCc1ccc(CCCCCC)c(-c2cc(CCCCCCOc3ccc(C(=O)OC)cc3)ccc2CCCCCCOc2ccc(C(=O)OC)cc2)c1. The van der Waals surface area contributed by atoms with E-state index in [0.29, 0.717) is 24.3 Å². The number of methoxy groups -OCH3 is 2. The summed E-state index contributed by atoms with van der Waals surface area (Å²) in [5.74, 6) is 0.908. The summed E-state index contributed by atoms with van der Waals surface area (Å²) in [7, 11) is 2.80. The number of hydrogen-bond acceptors (Lipinski definition) is 6. The molecule has 0 heterocycles. The van der Waals surface area contributed by atoms with Crippen LogP contribution >= 0.6 is 0 Å². The fourth-order valence-electron chi connectivity index (χ4n) is 8.78. The van der Waals surface area contributed by atoms with E-state index < -0.39 is 0 Å². The van der Waals surface area contributed by atoms with Crippen LogP contribution in [0.2, 0.25) is 0 Å². The zero-order valence-electron chi connectivity index (χ0n) is 41.0. The molecule has 0 aromatic heterocycles. The third kappa shape index (κ3) is 21.1. The average molecular weight is 889 g/mol. The quantitative estimate of drug-likeness (QED) is 0.0335. The van der Waals surface area contributed by atoms with Crippen LogP contribution in [0.5, 0.6) is 11.5 Å². The van der Waals surface area contributed by atoms with Gasteiger partial charge in [-0.1, -0.05) is 159 Å². The number of benzene rings is 4. The van der Waals surface area contributed by atoms with Crippen molar-refractivity contribution in [3.63, 3.8) is 0 Å². The molecule has 4 rings (SSSR count). The molecule has 0 unspecified atom stereocenters. The summed E-state index contributed by atoms with van der Waals surface area (Å²) in [5, 5.41) is 0. The van der Waals surface area contributed by atoms with Gasteiger partial charge in [-0.2, -0.15) is 0 Å². The Morgan fingerprint density at radius 2 is 0.692 bits per heavy atom. The summed E-state index contributed by atoms with van der Waals surface area (Å²) in [6.45, 7) is 5.94. The molecule has 4 aromatic rings. The van der Waals surface area contributed by atoms with Crippen molar-refractivity contribution >= 4 is 11.9 Å². The van der Waals surface area contributed by atoms with Crippen LogP contribution < -0.4 is 9.47 Å². The van der Waals surface area contributed by atoms with Crippen molar-refractivity contribution in [1.82, 2.24) is 0 Å². The fraction of sp³-hybridized carbons (Fsp3) is 0.559. The number of hydrogen-bond donors (Lipinski definition) is 0. The first-order chi connectivity index (χ1) is 31.9. The number of unbranched alkanes of at least 4 members (excludes halogenated alkanes) is 19. The second-order valence-electron chi connectivity index (χ2n) is 18.1. The van der Waals surface area contributed by atoms with Crippen LogP contribution in [0.15, 0.2) is 84.9 Å². The van der Waals surface area contributed by atoms with Crippen molar-refractivity contribution in [2.24, 2.45) is 0 Å². The standard InChI is InChI=1S/C59H84O6/c1-5-7-9-11-12-13-14-15-16-17-22-28-48-32-34-50(30-24-10-8-6-2)56(46-48)57-47-49(29-23-18-20-26-44-64-54-40-36-52(37-41-54)58(60)62-3)33-35-51(57)31-25-19-21-27-45-65-55-42-38-53(39-43-55)59(61)63-4/h32-43,46-47H,5-31,44-45H2,1-4H3. The van der Waals surface area contributed by atoms with Crippen LogP contribution in [-0.2, 0) is 35.2 Å². The molecule has 0 aliphatic carbocycles. The van der Waals surface area contributed by atoms with E-state index in [-0.39, 0.29) is 11.9 Å². The Balaban J connectivity index is 1.36. The molecule has 0 amide bonds. The van der Waals surface area contributed by atoms with Gasteiger partial charge in [0.2, 0.25) is 0 Å². The molecule has 6 nitrogen and oxygen atoms in total. The van der Waals surface area contributed by atoms with Gasteiger partial charge in [0.1, 0.15) is 11.5 Å². The molecule has 0 saturated heterocycles. The highest BCUT2D eigenvalue weighted by Gasteiger charge is 2.14. The summed E-state index contributed by atoms with van der Waals surface area (Å²) < 4.78 is 21.6. The molecule has 356 valence electrons. The predicted octanol–water partition coefficient (Wildman–Crippen LogP) is 16.3. The monoisotopic (exact) mass is 889 g/mol. The number of ether oxygens (including phenoxy) is 4. The zero-order valence-corrected chi connectivity index (χ0v) is 41.0. The van der Waals surface area contributed by atoms with E-state index in [9.17, 15) is 9.59 Å². The summed E-state index contributed by atoms with van der Waals surface area (Å²) in [4.78, 5) is 23.5. The first-order valence-electron chi connectivity index (χ1n) is 25.8. The minimum absolute atomic E-state index is 0.331. The maximum atomic E-state index is 11.8. The Labute approximate surface area is 394 Å². The molecule has 0 bridgehead atoms. The lowest BCUT2D eigenvalue weighted by Crippen LogP contribution is -2.02. The zero-order chi connectivity index (χ0) is 46.2. The molecule has 0 saturated carbocycles. The van der Waals surface area contributed by atoms with E-state index >= 15 is 0 Å². The van der Waals surface area contributed by atoms with Crippen molar-refractivity contribution in [2.75, 3.05) is 27.4 Å². The largest absolute Gasteiger partial charge is 0.494 e. The van der Waals surface area contributed by atoms with Crippen LogP contribution in [0.1, 0.15) is 204 Å². The number of esters is 2. The van der Waals surface area contributed by atoms with Gasteiger partial charge in [0.25, 0.3) is 0 Å². The smallest absolute Gasteiger partial charge is 0.337 e. The van der Waals surface area contributed by atoms with Crippen LogP contribution in [0.25, 0.3) is 11.1 Å². The minimum atomic E-state index is -0.331. The van der Waals surface area contributed by atoms with Gasteiger partial charge in [-0.15, -0.1) is 0 Å². The molecule has 0 N–H and O–H groups in total. The van der Waals surface area contributed by atoms with E-state index in [1.165, 1.54) is 150 Å². The van der Waals surface area contributed by atoms with Gasteiger partial charge in [-0.3, -0.25) is 0 Å². The fourth-order valence-corrected chi connectivity index (χ4v) is 8.78. The van der Waals surface area contributed by atoms with Gasteiger partial charge < -0.3 is 18.9 Å². The van der Waals surface area contributed by atoms with Crippen molar-refractivity contribution in [1.29, 1.82) is 0 Å². The number of rotatable bonds is 36. The van der Waals surface area contributed by atoms with E-state index in [1.807, 2.05) is 24.3 Å². The third-order valence-corrected chi connectivity index (χ3v) is 12.8. The highest BCUT2D eigenvalue weighted by molar-refractivity contribution is 5.89. The van der Waals surface area contributed by atoms with Gasteiger partial charge >= 0.3 is 11.9 Å². The predicted molar refractivity (Wildman–Crippen MR) is 271 cm³/mol. The van der Waals surface area contributed by atoms with Gasteiger partial charge in [-0.25, -0.2) is 9.59 Å². The van der Waals surface area contributed by atoms with Gasteiger partial charge in [-0.05, 0) is 146 Å². The molecule has 0 aliphatic heterocycles. The number of carbonyl (C=O) groups is 2. The van der Waals surface area contributed by atoms with E-state index in [4.69, 9.17) is 18.9 Å². The molecule has 0 spiro atoms. The number of carbonyl (C=O) groups excluding carboxylic acids is 2. The summed E-state index contributed by atoms with van der Waals surface area (Å²) in [5.41, 5.74) is 9.93. The molecule has 65 heavy (non-hydrogen) atoms. The van der Waals surface area contributed by atoms with E-state index in [2.05, 4.69) is 50.2 Å². The lowest BCUT2D eigenvalue weighted by Gasteiger charge is -2.18. The van der Waals surface area contributed by atoms with Crippen molar-refractivity contribution in [3.8, 4) is 22.6 Å². The highest BCUT2D eigenvalue weighted by atomic mass is 16.5. The highest BCUT2D eigenvalue weighted by Crippen LogP contribution is 2.33. The van der Waals surface area contributed by atoms with Gasteiger partial charge in [0.15, 0.2) is 0 Å². The third-order valence-electron chi connectivity index (χ3n) is 12.8. The Morgan fingerprint density at radius 1 is 0.369 bits per heavy atom. The van der Waals surface area contributed by atoms with Crippen molar-refractivity contribution < 1.29 is 28.5 Å². The average Bonchev–Trinajstić information content (AvgIpc) is 3.34. The summed E-state index contributed by atoms with van der Waals surface area (Å²) in [6, 6.07) is 29.3. The second kappa shape index (κ2) is 33.0. The molecule has 0 fully saturated rings. The molecule has 4 aromatic carbocycles. The lowest BCUT2D eigenvalue weighted by atomic mass is 9.87. The first kappa shape index (κ1) is 53.0. The van der Waals surface area contributed by atoms with Crippen LogP contribution in [0, 0.1) is 0 Å². The van der Waals surface area contributed by atoms with Gasteiger partial charge in [0.05, 0.1) is 38.6 Å². The Morgan fingerprint density at radius 3 is 1.06 bits per heavy atom. The Hall–Kier alpha value is -4.58. The topological polar surface area (TPSA) is 71.1 Å². The normalized spacial score (nSPS) is 11.1. The molecule has 6 heteroatoms. The maximum absolute atomic E-state index is 11.8. The minimum Gasteiger partial charge on any atom is -0.494 e.